The Morgan fingerprint density at radius 2 is 1.40 bits per heavy atom. The SMILES string of the molecule is CCCCCCCn1cc[n+](C)c1.O=S(=O)([O-])C(F)(F)C(F)(F)C(F)(F)C(F)(F)F. The first-order chi connectivity index (χ1) is 13.3. The van der Waals surface area contributed by atoms with Gasteiger partial charge in [-0.2, -0.15) is 39.5 Å². The van der Waals surface area contributed by atoms with Crippen molar-refractivity contribution in [1.82, 2.24) is 4.57 Å². The van der Waals surface area contributed by atoms with Crippen LogP contribution in [0.25, 0.3) is 0 Å². The maximum Gasteiger partial charge on any atom is 0.460 e. The second kappa shape index (κ2) is 10.2. The molecule has 0 saturated carbocycles. The Labute approximate surface area is 167 Å². The van der Waals surface area contributed by atoms with Crippen LogP contribution in [-0.4, -0.2) is 40.8 Å². The van der Waals surface area contributed by atoms with E-state index in [1.165, 1.54) is 38.6 Å². The molecule has 0 spiro atoms. The second-order valence-electron chi connectivity index (χ2n) is 6.35. The maximum absolute atomic E-state index is 12.2. The number of rotatable bonds is 9. The zero-order chi connectivity index (χ0) is 24.0. The molecule has 0 aliphatic carbocycles. The van der Waals surface area contributed by atoms with Gasteiger partial charge in [-0.15, -0.1) is 0 Å². The van der Waals surface area contributed by atoms with E-state index >= 15 is 0 Å². The monoisotopic (exact) mass is 480 g/mol. The summed E-state index contributed by atoms with van der Waals surface area (Å²) < 4.78 is 140. The molecule has 0 N–H and O–H groups in total. The van der Waals surface area contributed by atoms with E-state index in [0.29, 0.717) is 0 Å². The Morgan fingerprint density at radius 1 is 0.900 bits per heavy atom. The number of imidazole rings is 1. The van der Waals surface area contributed by atoms with E-state index in [4.69, 9.17) is 0 Å². The van der Waals surface area contributed by atoms with Gasteiger partial charge in [0.05, 0.1) is 13.6 Å². The van der Waals surface area contributed by atoms with Gasteiger partial charge < -0.3 is 4.55 Å². The number of hydrogen-bond donors (Lipinski definition) is 0. The van der Waals surface area contributed by atoms with Crippen LogP contribution in [-0.2, 0) is 23.7 Å². The largest absolute Gasteiger partial charge is 0.743 e. The lowest BCUT2D eigenvalue weighted by atomic mass is 10.1. The molecule has 0 fully saturated rings. The highest BCUT2D eigenvalue weighted by atomic mass is 32.2. The number of halogens is 9. The molecule has 0 aliphatic rings. The lowest BCUT2D eigenvalue weighted by molar-refractivity contribution is -0.671. The number of unbranched alkanes of at least 4 members (excludes halogenated alkanes) is 4. The standard InChI is InChI=1S/C11H21N2.C4HF9O3S/c1-3-4-5-6-7-8-13-10-9-12(2)11-13;5-1(6,3(9,10)11)2(7,8)4(12,13)17(14,15)16/h9-11H,3-8H2,1-2H3;(H,14,15,16)/q+1;/p-1. The van der Waals surface area contributed by atoms with Gasteiger partial charge in [0.15, 0.2) is 10.1 Å². The Balaban J connectivity index is 0.000000579. The molecule has 5 nitrogen and oxygen atoms in total. The van der Waals surface area contributed by atoms with E-state index in [1.807, 2.05) is 0 Å². The molecule has 0 atom stereocenters. The van der Waals surface area contributed by atoms with Crippen LogP contribution < -0.4 is 4.57 Å². The molecule has 1 rings (SSSR count). The van der Waals surface area contributed by atoms with E-state index in [0.717, 1.165) is 0 Å². The molecule has 1 heterocycles. The average molecular weight is 480 g/mol. The topological polar surface area (TPSA) is 66.0 Å². The van der Waals surface area contributed by atoms with Crippen LogP contribution in [0, 0.1) is 0 Å². The van der Waals surface area contributed by atoms with E-state index < -0.39 is 33.4 Å². The first kappa shape index (κ1) is 28.5. The normalized spacial score (nSPS) is 13.7. The molecule has 0 radical (unpaired) electrons. The number of aromatic nitrogens is 2. The molecule has 0 aromatic carbocycles. The Bertz CT molecular complexity index is 762. The van der Waals surface area contributed by atoms with Crippen LogP contribution in [0.3, 0.4) is 0 Å². The molecule has 0 aliphatic heterocycles. The zero-order valence-corrected chi connectivity index (χ0v) is 16.7. The summed E-state index contributed by atoms with van der Waals surface area (Å²) in [6.07, 6.45) is 6.00. The summed E-state index contributed by atoms with van der Waals surface area (Å²) in [7, 11) is -5.35. The van der Waals surface area contributed by atoms with Gasteiger partial charge in [-0.3, -0.25) is 0 Å². The van der Waals surface area contributed by atoms with E-state index in [2.05, 4.69) is 41.8 Å². The minimum Gasteiger partial charge on any atom is -0.743 e. The van der Waals surface area contributed by atoms with E-state index in [-0.39, 0.29) is 0 Å². The van der Waals surface area contributed by atoms with Crippen LogP contribution in [0.2, 0.25) is 0 Å². The van der Waals surface area contributed by atoms with Crippen molar-refractivity contribution < 1.29 is 57.1 Å². The summed E-state index contributed by atoms with van der Waals surface area (Å²) >= 11 is 0. The summed E-state index contributed by atoms with van der Waals surface area (Å²) in [5.41, 5.74) is 0. The predicted octanol–water partition coefficient (Wildman–Crippen LogP) is 4.24. The molecule has 0 unspecified atom stereocenters. The minimum absolute atomic E-state index is 1.17. The highest BCUT2D eigenvalue weighted by Crippen LogP contribution is 2.54. The molecule has 0 saturated heterocycles. The third kappa shape index (κ3) is 6.75. The summed E-state index contributed by atoms with van der Waals surface area (Å²) in [6, 6.07) is 0. The van der Waals surface area contributed by atoms with Crippen LogP contribution in [0.4, 0.5) is 39.5 Å². The third-order valence-electron chi connectivity index (χ3n) is 3.77. The van der Waals surface area contributed by atoms with Gasteiger partial charge in [0.25, 0.3) is 0 Å². The van der Waals surface area contributed by atoms with Crippen LogP contribution in [0.5, 0.6) is 0 Å². The average Bonchev–Trinajstić information content (AvgIpc) is 2.98. The van der Waals surface area contributed by atoms with Gasteiger partial charge in [-0.25, -0.2) is 17.6 Å². The maximum atomic E-state index is 12.2. The molecular formula is C15H21F9N2O3S. The van der Waals surface area contributed by atoms with Crippen molar-refractivity contribution in [2.75, 3.05) is 0 Å². The first-order valence-electron chi connectivity index (χ1n) is 8.49. The van der Waals surface area contributed by atoms with Crippen molar-refractivity contribution in [3.8, 4) is 0 Å². The Kier molecular flexibility index (Phi) is 9.69. The highest BCUT2D eigenvalue weighted by molar-refractivity contribution is 7.86. The fourth-order valence-electron chi connectivity index (χ4n) is 2.05. The lowest BCUT2D eigenvalue weighted by Crippen LogP contribution is -2.63. The van der Waals surface area contributed by atoms with Gasteiger partial charge in [0.2, 0.25) is 6.33 Å². The molecule has 178 valence electrons. The van der Waals surface area contributed by atoms with Crippen molar-refractivity contribution in [1.29, 1.82) is 0 Å². The molecule has 0 bridgehead atoms. The van der Waals surface area contributed by atoms with Crippen LogP contribution >= 0.6 is 0 Å². The lowest BCUT2D eigenvalue weighted by Gasteiger charge is -2.34. The van der Waals surface area contributed by atoms with Crippen molar-refractivity contribution in [2.45, 2.75) is 68.8 Å². The van der Waals surface area contributed by atoms with Gasteiger partial charge in [0.1, 0.15) is 12.4 Å². The second-order valence-corrected chi connectivity index (χ2v) is 7.77. The number of nitrogens with zero attached hydrogens (tertiary/aromatic N) is 2. The summed E-state index contributed by atoms with van der Waals surface area (Å²) in [6.45, 7) is 3.43. The molecule has 0 amide bonds. The molecule has 1 aromatic rings. The number of hydrogen-bond acceptors (Lipinski definition) is 3. The predicted molar refractivity (Wildman–Crippen MR) is 85.0 cm³/mol. The fraction of sp³-hybridized carbons (Fsp3) is 0.800. The zero-order valence-electron chi connectivity index (χ0n) is 15.9. The Hall–Kier alpha value is -1.51. The smallest absolute Gasteiger partial charge is 0.460 e. The molecule has 30 heavy (non-hydrogen) atoms. The summed E-state index contributed by atoms with van der Waals surface area (Å²) in [5, 5.41) is -7.11. The van der Waals surface area contributed by atoms with Crippen LogP contribution in [0.1, 0.15) is 39.0 Å². The van der Waals surface area contributed by atoms with Crippen LogP contribution in [0.15, 0.2) is 18.7 Å². The van der Waals surface area contributed by atoms with Crippen molar-refractivity contribution in [3.63, 3.8) is 0 Å². The number of aryl methyl sites for hydroxylation is 2. The molecule has 1 aromatic heterocycles. The molecule has 15 heteroatoms. The highest BCUT2D eigenvalue weighted by Gasteiger charge is 2.83. The third-order valence-corrected chi connectivity index (χ3v) is 4.66. The minimum atomic E-state index is -7.43. The van der Waals surface area contributed by atoms with Crippen molar-refractivity contribution >= 4 is 10.1 Å². The van der Waals surface area contributed by atoms with Gasteiger partial charge in [-0.05, 0) is 12.8 Å². The Morgan fingerprint density at radius 3 is 1.77 bits per heavy atom. The summed E-state index contributed by atoms with van der Waals surface area (Å²) in [4.78, 5) is 0. The quantitative estimate of drug-likeness (QED) is 0.230. The van der Waals surface area contributed by atoms with E-state index in [9.17, 15) is 52.5 Å². The molecular weight excluding hydrogens is 459 g/mol. The first-order valence-corrected chi connectivity index (χ1v) is 9.90. The van der Waals surface area contributed by atoms with Crippen molar-refractivity contribution in [2.24, 2.45) is 7.05 Å². The van der Waals surface area contributed by atoms with Crippen molar-refractivity contribution in [3.05, 3.63) is 18.7 Å². The fourth-order valence-corrected chi connectivity index (χ4v) is 2.49. The van der Waals surface area contributed by atoms with E-state index in [1.54, 1.807) is 0 Å². The van der Waals surface area contributed by atoms with Gasteiger partial charge in [0, 0.05) is 0 Å². The number of alkyl halides is 9. The van der Waals surface area contributed by atoms with Gasteiger partial charge >= 0.3 is 23.3 Å². The summed E-state index contributed by atoms with van der Waals surface area (Å²) in [5.74, 6) is -14.8. The van der Waals surface area contributed by atoms with Gasteiger partial charge in [-0.1, -0.05) is 26.2 Å².